The van der Waals surface area contributed by atoms with E-state index in [0.29, 0.717) is 17.9 Å². The third-order valence-electron chi connectivity index (χ3n) is 3.89. The van der Waals surface area contributed by atoms with Crippen LogP contribution in [0.5, 0.6) is 11.5 Å². The van der Waals surface area contributed by atoms with Gasteiger partial charge < -0.3 is 19.9 Å². The molecule has 0 fully saturated rings. The first-order chi connectivity index (χ1) is 12.0. The summed E-state index contributed by atoms with van der Waals surface area (Å²) in [6, 6.07) is 17.1. The normalized spacial score (nSPS) is 12.9. The number of benzene rings is 2. The van der Waals surface area contributed by atoms with Crippen LogP contribution in [0.3, 0.4) is 0 Å². The fraction of sp³-hybridized carbons (Fsp3) is 0.350. The zero-order valence-corrected chi connectivity index (χ0v) is 14.7. The zero-order chi connectivity index (χ0) is 18.1. The van der Waals surface area contributed by atoms with E-state index in [-0.39, 0.29) is 19.1 Å². The van der Waals surface area contributed by atoms with Crippen LogP contribution in [0.15, 0.2) is 54.6 Å². The minimum Gasteiger partial charge on any atom is -0.493 e. The second-order valence-corrected chi connectivity index (χ2v) is 6.20. The molecule has 2 N–H and O–H groups in total. The van der Waals surface area contributed by atoms with Crippen molar-refractivity contribution in [2.24, 2.45) is 0 Å². The minimum absolute atomic E-state index is 0.130. The molecule has 0 spiro atoms. The molecule has 5 heteroatoms. The van der Waals surface area contributed by atoms with Crippen molar-refractivity contribution in [3.05, 3.63) is 60.2 Å². The summed E-state index contributed by atoms with van der Waals surface area (Å²) < 4.78 is 10.6. The highest BCUT2D eigenvalue weighted by Gasteiger charge is 2.21. The van der Waals surface area contributed by atoms with Crippen molar-refractivity contribution in [1.82, 2.24) is 5.32 Å². The SMILES string of the molecule is COc1ccccc1OCC(=O)NCC(C)(O)CCc1ccccc1. The lowest BCUT2D eigenvalue weighted by molar-refractivity contribution is -0.124. The van der Waals surface area contributed by atoms with Crippen LogP contribution in [0.25, 0.3) is 0 Å². The number of carbonyl (C=O) groups is 1. The van der Waals surface area contributed by atoms with E-state index < -0.39 is 5.60 Å². The van der Waals surface area contributed by atoms with Crippen molar-refractivity contribution >= 4 is 5.91 Å². The van der Waals surface area contributed by atoms with Crippen molar-refractivity contribution in [3.63, 3.8) is 0 Å². The van der Waals surface area contributed by atoms with E-state index in [0.717, 1.165) is 12.0 Å². The molecular formula is C20H25NO4. The lowest BCUT2D eigenvalue weighted by atomic mass is 9.97. The summed E-state index contributed by atoms with van der Waals surface area (Å²) in [5, 5.41) is 13.1. The number of hydrogen-bond donors (Lipinski definition) is 2. The molecule has 0 saturated heterocycles. The molecule has 0 heterocycles. The maximum absolute atomic E-state index is 11.9. The van der Waals surface area contributed by atoms with Crippen LogP contribution in [0, 0.1) is 0 Å². The lowest BCUT2D eigenvalue weighted by Crippen LogP contribution is -2.42. The second kappa shape index (κ2) is 9.08. The second-order valence-electron chi connectivity index (χ2n) is 6.20. The predicted molar refractivity (Wildman–Crippen MR) is 96.9 cm³/mol. The van der Waals surface area contributed by atoms with Gasteiger partial charge in [-0.25, -0.2) is 0 Å². The van der Waals surface area contributed by atoms with E-state index in [1.165, 1.54) is 0 Å². The third kappa shape index (κ3) is 6.47. The average molecular weight is 343 g/mol. The standard InChI is InChI=1S/C20H25NO4/c1-20(23,13-12-16-8-4-3-5-9-16)15-21-19(22)14-25-18-11-7-6-10-17(18)24-2/h3-11,23H,12-15H2,1-2H3,(H,21,22). The van der Waals surface area contributed by atoms with Crippen LogP contribution in [0.2, 0.25) is 0 Å². The van der Waals surface area contributed by atoms with Gasteiger partial charge in [0.05, 0.1) is 12.7 Å². The molecule has 2 aromatic rings. The van der Waals surface area contributed by atoms with E-state index >= 15 is 0 Å². The van der Waals surface area contributed by atoms with E-state index in [4.69, 9.17) is 9.47 Å². The Bertz CT molecular complexity index is 670. The highest BCUT2D eigenvalue weighted by molar-refractivity contribution is 5.77. The third-order valence-corrected chi connectivity index (χ3v) is 3.89. The van der Waals surface area contributed by atoms with Crippen molar-refractivity contribution in [3.8, 4) is 11.5 Å². The van der Waals surface area contributed by atoms with Gasteiger partial charge >= 0.3 is 0 Å². The molecule has 2 aromatic carbocycles. The van der Waals surface area contributed by atoms with Gasteiger partial charge in [-0.05, 0) is 37.5 Å². The first-order valence-electron chi connectivity index (χ1n) is 8.29. The number of nitrogens with one attached hydrogen (secondary N) is 1. The van der Waals surface area contributed by atoms with Gasteiger partial charge in [0, 0.05) is 6.54 Å². The number of rotatable bonds is 9. The Kier molecular flexibility index (Phi) is 6.83. The smallest absolute Gasteiger partial charge is 0.258 e. The van der Waals surface area contributed by atoms with E-state index in [2.05, 4.69) is 5.32 Å². The van der Waals surface area contributed by atoms with Gasteiger partial charge in [0.25, 0.3) is 5.91 Å². The zero-order valence-electron chi connectivity index (χ0n) is 14.7. The Morgan fingerprint density at radius 3 is 2.40 bits per heavy atom. The van der Waals surface area contributed by atoms with Gasteiger partial charge in [-0.2, -0.15) is 0 Å². The molecule has 1 unspecified atom stereocenters. The lowest BCUT2D eigenvalue weighted by Gasteiger charge is -2.23. The maximum Gasteiger partial charge on any atom is 0.258 e. The highest BCUT2D eigenvalue weighted by atomic mass is 16.5. The number of aryl methyl sites for hydroxylation is 1. The molecule has 0 bridgehead atoms. The number of methoxy groups -OCH3 is 1. The Hall–Kier alpha value is -2.53. The summed E-state index contributed by atoms with van der Waals surface area (Å²) in [5.41, 5.74) is 0.184. The Balaban J connectivity index is 1.74. The van der Waals surface area contributed by atoms with Gasteiger partial charge in [-0.3, -0.25) is 4.79 Å². The van der Waals surface area contributed by atoms with Crippen LogP contribution in [-0.4, -0.2) is 36.9 Å². The van der Waals surface area contributed by atoms with Crippen molar-refractivity contribution in [2.75, 3.05) is 20.3 Å². The average Bonchev–Trinajstić information content (AvgIpc) is 2.64. The summed E-state index contributed by atoms with van der Waals surface area (Å²) in [7, 11) is 1.55. The highest BCUT2D eigenvalue weighted by Crippen LogP contribution is 2.25. The molecule has 134 valence electrons. The van der Waals surface area contributed by atoms with E-state index in [9.17, 15) is 9.90 Å². The van der Waals surface area contributed by atoms with Crippen LogP contribution < -0.4 is 14.8 Å². The number of hydrogen-bond acceptors (Lipinski definition) is 4. The molecule has 1 amide bonds. The van der Waals surface area contributed by atoms with Gasteiger partial charge in [-0.1, -0.05) is 42.5 Å². The fourth-order valence-electron chi connectivity index (χ4n) is 2.37. The van der Waals surface area contributed by atoms with Crippen molar-refractivity contribution in [2.45, 2.75) is 25.4 Å². The van der Waals surface area contributed by atoms with Crippen LogP contribution in [0.1, 0.15) is 18.9 Å². The molecule has 0 saturated carbocycles. The number of aliphatic hydroxyl groups is 1. The summed E-state index contributed by atoms with van der Waals surface area (Å²) in [6.07, 6.45) is 1.31. The van der Waals surface area contributed by atoms with Crippen LogP contribution >= 0.6 is 0 Å². The van der Waals surface area contributed by atoms with Crippen molar-refractivity contribution in [1.29, 1.82) is 0 Å². The molecule has 1 atom stereocenters. The van der Waals surface area contributed by atoms with E-state index in [1.54, 1.807) is 26.2 Å². The first-order valence-corrected chi connectivity index (χ1v) is 8.29. The van der Waals surface area contributed by atoms with Gasteiger partial charge in [-0.15, -0.1) is 0 Å². The molecule has 5 nitrogen and oxygen atoms in total. The Morgan fingerprint density at radius 1 is 1.08 bits per heavy atom. The molecule has 0 aromatic heterocycles. The molecular weight excluding hydrogens is 318 g/mol. The Morgan fingerprint density at radius 2 is 1.72 bits per heavy atom. The topological polar surface area (TPSA) is 67.8 Å². The predicted octanol–water partition coefficient (Wildman–Crippen LogP) is 2.57. The van der Waals surface area contributed by atoms with E-state index in [1.807, 2.05) is 42.5 Å². The number of amides is 1. The summed E-state index contributed by atoms with van der Waals surface area (Å²) in [5.74, 6) is 0.798. The molecule has 2 rings (SSSR count). The molecule has 25 heavy (non-hydrogen) atoms. The van der Waals surface area contributed by atoms with Crippen molar-refractivity contribution < 1.29 is 19.4 Å². The quantitative estimate of drug-likeness (QED) is 0.734. The molecule has 0 aliphatic heterocycles. The van der Waals surface area contributed by atoms with Gasteiger partial charge in [0.1, 0.15) is 0 Å². The monoisotopic (exact) mass is 343 g/mol. The molecule has 0 aliphatic carbocycles. The van der Waals surface area contributed by atoms with Crippen LogP contribution in [-0.2, 0) is 11.2 Å². The van der Waals surface area contributed by atoms with Gasteiger partial charge in [0.15, 0.2) is 18.1 Å². The maximum atomic E-state index is 11.9. The molecule has 0 radical (unpaired) electrons. The number of para-hydroxylation sites is 2. The largest absolute Gasteiger partial charge is 0.493 e. The molecule has 0 aliphatic rings. The van der Waals surface area contributed by atoms with Gasteiger partial charge in [0.2, 0.25) is 0 Å². The first kappa shape index (κ1) is 18.8. The summed E-state index contributed by atoms with van der Waals surface area (Å²) >= 11 is 0. The van der Waals surface area contributed by atoms with Crippen LogP contribution in [0.4, 0.5) is 0 Å². The summed E-state index contributed by atoms with van der Waals surface area (Å²) in [4.78, 5) is 11.9. The fourth-order valence-corrected chi connectivity index (χ4v) is 2.37. The summed E-state index contributed by atoms with van der Waals surface area (Å²) in [6.45, 7) is 1.76. The minimum atomic E-state index is -0.976. The number of carbonyl (C=O) groups excluding carboxylic acids is 1. The Labute approximate surface area is 148 Å². The number of ether oxygens (including phenoxy) is 2.